The van der Waals surface area contributed by atoms with E-state index in [4.69, 9.17) is 6.85 Å². The molecule has 1 rings (SSSR count). The van der Waals surface area contributed by atoms with Crippen LogP contribution >= 0.6 is 0 Å². The average molecular weight is 196 g/mol. The summed E-state index contributed by atoms with van der Waals surface area (Å²) in [5.74, 6) is -0.457. The summed E-state index contributed by atoms with van der Waals surface area (Å²) >= 11 is 0. The lowest BCUT2D eigenvalue weighted by atomic mass is 10.0. The highest BCUT2D eigenvalue weighted by Gasteiger charge is 2.16. The van der Waals surface area contributed by atoms with E-state index < -0.39 is 42.0 Å². The first kappa shape index (κ1) is 5.66. The molecule has 0 amide bonds. The van der Waals surface area contributed by atoms with Crippen molar-refractivity contribution in [3.63, 3.8) is 0 Å². The van der Waals surface area contributed by atoms with E-state index in [-0.39, 0.29) is 5.56 Å². The third-order valence-electron chi connectivity index (χ3n) is 1.99. The zero-order valence-corrected chi connectivity index (χ0v) is 8.40. The first-order chi connectivity index (χ1) is 8.86. The molecule has 0 heterocycles. The summed E-state index contributed by atoms with van der Waals surface area (Å²) in [7, 11) is 1.62. The fourth-order valence-electron chi connectivity index (χ4n) is 1.24. The second kappa shape index (κ2) is 5.55. The number of benzene rings is 1. The van der Waals surface area contributed by atoms with E-state index in [0.717, 1.165) is 6.42 Å². The quantitative estimate of drug-likeness (QED) is 0.732. The van der Waals surface area contributed by atoms with Crippen LogP contribution in [0.3, 0.4) is 0 Å². The van der Waals surface area contributed by atoms with Crippen molar-refractivity contribution >= 4 is 5.78 Å². The Bertz CT molecular complexity index is 474. The van der Waals surface area contributed by atoms with Gasteiger partial charge in [0, 0.05) is 5.56 Å². The maximum absolute atomic E-state index is 12.3. The number of hydrogen-bond acceptors (Lipinski definition) is 2. The zero-order chi connectivity index (χ0) is 14.7. The fourth-order valence-corrected chi connectivity index (χ4v) is 1.24. The Morgan fingerprint density at radius 3 is 2.64 bits per heavy atom. The summed E-state index contributed by atoms with van der Waals surface area (Å²) in [5.41, 5.74) is -0.237. The van der Waals surface area contributed by atoms with Gasteiger partial charge >= 0.3 is 0 Å². The maximum atomic E-state index is 12.3. The third-order valence-corrected chi connectivity index (χ3v) is 1.99. The Hall–Kier alpha value is -1.15. The monoisotopic (exact) mass is 196 g/mol. The fraction of sp³-hybridized carbons (Fsp3) is 0.417. The summed E-state index contributed by atoms with van der Waals surface area (Å²) in [6.45, 7) is 1.92. The van der Waals surface area contributed by atoms with E-state index in [0.29, 0.717) is 6.42 Å². The minimum absolute atomic E-state index is 0.237. The third kappa shape index (κ3) is 2.67. The lowest BCUT2D eigenvalue weighted by molar-refractivity contribution is 0.0942. The largest absolute Gasteiger partial charge is 0.310 e. The van der Waals surface area contributed by atoms with Crippen LogP contribution in [0.2, 0.25) is 0 Å². The lowest BCUT2D eigenvalue weighted by Crippen LogP contribution is -2.33. The van der Waals surface area contributed by atoms with Gasteiger partial charge in [0.2, 0.25) is 0 Å². The van der Waals surface area contributed by atoms with E-state index in [1.165, 1.54) is 0 Å². The van der Waals surface area contributed by atoms with Crippen LogP contribution in [-0.4, -0.2) is 18.9 Å². The van der Waals surface area contributed by atoms with Gasteiger partial charge in [-0.3, -0.25) is 4.79 Å². The molecule has 0 aliphatic carbocycles. The first-order valence-corrected chi connectivity index (χ1v) is 4.65. The molecule has 1 unspecified atom stereocenters. The van der Waals surface area contributed by atoms with Gasteiger partial charge in [0.1, 0.15) is 0 Å². The summed E-state index contributed by atoms with van der Waals surface area (Å²) < 4.78 is 38.1. The number of ketones is 1. The molecular weight excluding hydrogens is 174 g/mol. The molecule has 1 N–H and O–H groups in total. The van der Waals surface area contributed by atoms with Gasteiger partial charge < -0.3 is 5.32 Å². The van der Waals surface area contributed by atoms with Crippen molar-refractivity contribution < 1.29 is 11.6 Å². The topological polar surface area (TPSA) is 29.1 Å². The van der Waals surface area contributed by atoms with Gasteiger partial charge in [0.25, 0.3) is 0 Å². The molecule has 14 heavy (non-hydrogen) atoms. The van der Waals surface area contributed by atoms with Gasteiger partial charge in [-0.2, -0.15) is 0 Å². The van der Waals surface area contributed by atoms with Gasteiger partial charge in [0.15, 0.2) is 5.78 Å². The molecule has 1 atom stereocenters. The van der Waals surface area contributed by atoms with Crippen LogP contribution in [0.15, 0.2) is 30.2 Å². The highest BCUT2D eigenvalue weighted by molar-refractivity contribution is 6.00. The molecule has 0 aliphatic heterocycles. The zero-order valence-electron chi connectivity index (χ0n) is 13.4. The lowest BCUT2D eigenvalue weighted by Gasteiger charge is -2.13. The molecular formula is C12H17NO. The summed E-state index contributed by atoms with van der Waals surface area (Å²) in [4.78, 5) is 12.3. The van der Waals surface area contributed by atoms with E-state index in [2.05, 4.69) is 5.32 Å². The van der Waals surface area contributed by atoms with Gasteiger partial charge in [-0.15, -0.1) is 0 Å². The smallest absolute Gasteiger partial charge is 0.179 e. The van der Waals surface area contributed by atoms with E-state index in [1.807, 2.05) is 6.92 Å². The second-order valence-electron chi connectivity index (χ2n) is 2.99. The number of Topliss-reactive ketones (excluding diaryl/α,β-unsaturated/α-hetero) is 1. The first-order valence-electron chi connectivity index (χ1n) is 7.15. The number of carbonyl (C=O) groups is 1. The number of hydrogen-bond donors (Lipinski definition) is 1. The average Bonchev–Trinajstić information content (AvgIpc) is 2.40. The van der Waals surface area contributed by atoms with Crippen molar-refractivity contribution in [2.24, 2.45) is 0 Å². The molecule has 76 valence electrons. The standard InChI is InChI=1S/C12H17NO/c1-3-7-11(13-2)12(14)10-8-5-4-6-9-10/h4-6,8-9,11,13H,3,7H2,1-2H3/i4D,5D,6D,8D,9D. The maximum Gasteiger partial charge on any atom is 0.179 e. The van der Waals surface area contributed by atoms with Gasteiger partial charge in [0.05, 0.1) is 12.9 Å². The van der Waals surface area contributed by atoms with Crippen LogP contribution in [0, 0.1) is 0 Å². The minimum atomic E-state index is -0.534. The Morgan fingerprint density at radius 2 is 2.14 bits per heavy atom. The normalized spacial score (nSPS) is 17.4. The number of carbonyl (C=O) groups excluding carboxylic acids is 1. The minimum Gasteiger partial charge on any atom is -0.310 e. The second-order valence-corrected chi connectivity index (χ2v) is 2.99. The molecule has 0 saturated heterocycles. The highest BCUT2D eigenvalue weighted by Crippen LogP contribution is 2.07. The van der Waals surface area contributed by atoms with Crippen molar-refractivity contribution in [2.45, 2.75) is 25.8 Å². The Labute approximate surface area is 92.4 Å². The van der Waals surface area contributed by atoms with Gasteiger partial charge in [-0.05, 0) is 13.5 Å². The molecule has 0 radical (unpaired) electrons. The van der Waals surface area contributed by atoms with Crippen molar-refractivity contribution in [1.29, 1.82) is 0 Å². The van der Waals surface area contributed by atoms with Crippen LogP contribution < -0.4 is 5.32 Å². The summed E-state index contributed by atoms with van der Waals surface area (Å²) in [6, 6.07) is -2.84. The highest BCUT2D eigenvalue weighted by atomic mass is 16.1. The van der Waals surface area contributed by atoms with Crippen molar-refractivity contribution in [2.75, 3.05) is 7.05 Å². The van der Waals surface area contributed by atoms with Crippen LogP contribution in [0.25, 0.3) is 0 Å². The summed E-state index contributed by atoms with van der Waals surface area (Å²) in [5, 5.41) is 2.82. The number of rotatable bonds is 5. The Kier molecular flexibility index (Phi) is 2.25. The predicted octanol–water partition coefficient (Wildman–Crippen LogP) is 2.26. The SMILES string of the molecule is [2H]c1c([2H])c([2H])c(C(=O)C(CCC)NC)c([2H])c1[2H]. The molecule has 2 nitrogen and oxygen atoms in total. The molecule has 0 spiro atoms. The molecule has 2 heteroatoms. The van der Waals surface area contributed by atoms with Crippen LogP contribution in [0.1, 0.15) is 37.0 Å². The van der Waals surface area contributed by atoms with Crippen molar-refractivity contribution in [3.05, 3.63) is 35.8 Å². The molecule has 1 aromatic carbocycles. The molecule has 0 bridgehead atoms. The van der Waals surface area contributed by atoms with Crippen LogP contribution in [-0.2, 0) is 0 Å². The van der Waals surface area contributed by atoms with Crippen molar-refractivity contribution in [1.82, 2.24) is 5.32 Å². The number of nitrogens with one attached hydrogen (secondary N) is 1. The van der Waals surface area contributed by atoms with Crippen LogP contribution in [0.5, 0.6) is 0 Å². The molecule has 0 saturated carbocycles. The summed E-state index contributed by atoms with van der Waals surface area (Å²) in [6.07, 6.45) is 1.31. The molecule has 0 aliphatic rings. The van der Waals surface area contributed by atoms with Crippen LogP contribution in [0.4, 0.5) is 0 Å². The van der Waals surface area contributed by atoms with E-state index in [9.17, 15) is 4.79 Å². The van der Waals surface area contributed by atoms with Crippen molar-refractivity contribution in [3.8, 4) is 0 Å². The van der Waals surface area contributed by atoms with Gasteiger partial charge in [-0.1, -0.05) is 43.6 Å². The van der Waals surface area contributed by atoms with Gasteiger partial charge in [-0.25, -0.2) is 0 Å². The Morgan fingerprint density at radius 1 is 1.50 bits per heavy atom. The Balaban J connectivity index is 3.38. The predicted molar refractivity (Wildman–Crippen MR) is 58.5 cm³/mol. The molecule has 0 aromatic heterocycles. The number of likely N-dealkylation sites (N-methyl/N-ethyl adjacent to an activating group) is 1. The molecule has 0 fully saturated rings. The molecule has 1 aromatic rings. The van der Waals surface area contributed by atoms with E-state index >= 15 is 0 Å². The van der Waals surface area contributed by atoms with E-state index in [1.54, 1.807) is 7.05 Å².